The predicted molar refractivity (Wildman–Crippen MR) is 152 cm³/mol. The van der Waals surface area contributed by atoms with Crippen molar-refractivity contribution in [1.82, 2.24) is 15.1 Å². The number of morpholine rings is 1. The zero-order chi connectivity index (χ0) is 26.7. The number of nitrogens with zero attached hydrogens (tertiary/aromatic N) is 3. The van der Waals surface area contributed by atoms with Crippen LogP contribution < -0.4 is 5.32 Å². The molecule has 1 saturated heterocycles. The Bertz CT molecular complexity index is 1420. The van der Waals surface area contributed by atoms with Gasteiger partial charge in [0.1, 0.15) is 5.51 Å². The lowest BCUT2D eigenvalue weighted by Crippen LogP contribution is -2.40. The van der Waals surface area contributed by atoms with E-state index in [0.717, 1.165) is 20.9 Å². The molecule has 0 saturated carbocycles. The van der Waals surface area contributed by atoms with E-state index in [9.17, 15) is 9.59 Å². The van der Waals surface area contributed by atoms with Gasteiger partial charge in [-0.15, -0.1) is 21.5 Å². The number of benzene rings is 2. The zero-order valence-electron chi connectivity index (χ0n) is 21.0. The van der Waals surface area contributed by atoms with Gasteiger partial charge in [0.2, 0.25) is 11.0 Å². The SMILES string of the molecule is CC(C)(C(=O)Nc1nncs1)C(c1ccccc1)c1ccc(-c2ccc(C(=O)N3CCOCC3)c(Cl)c2)s1. The number of amides is 2. The van der Waals surface area contributed by atoms with E-state index in [-0.39, 0.29) is 17.7 Å². The van der Waals surface area contributed by atoms with Crippen LogP contribution in [0.2, 0.25) is 5.02 Å². The van der Waals surface area contributed by atoms with E-state index in [0.29, 0.717) is 42.0 Å². The minimum Gasteiger partial charge on any atom is -0.378 e. The number of ether oxygens (including phenoxy) is 1. The molecule has 3 heterocycles. The molecular weight excluding hydrogens is 540 g/mol. The number of halogens is 1. The Hall–Kier alpha value is -3.11. The van der Waals surface area contributed by atoms with Crippen molar-refractivity contribution < 1.29 is 14.3 Å². The van der Waals surface area contributed by atoms with Crippen molar-refractivity contribution in [3.05, 3.63) is 87.2 Å². The standard InChI is InChI=1S/C28H27ClN4O3S2/c1-28(2,26(35)31-27-32-30-17-37-27)24(18-6-4-3-5-7-18)23-11-10-22(38-23)19-8-9-20(21(29)16-19)25(34)33-12-14-36-15-13-33/h3-11,16-17,24H,12-15H2,1-2H3,(H,31,32,35). The summed E-state index contributed by atoms with van der Waals surface area (Å²) in [5.74, 6) is -0.413. The van der Waals surface area contributed by atoms with Crippen molar-refractivity contribution >= 4 is 51.2 Å². The first kappa shape index (κ1) is 26.5. The molecule has 2 aromatic heterocycles. The molecule has 7 nitrogen and oxygen atoms in total. The first-order valence-corrected chi connectivity index (χ1v) is 14.3. The highest BCUT2D eigenvalue weighted by Crippen LogP contribution is 2.46. The smallest absolute Gasteiger partial charge is 0.255 e. The number of carbonyl (C=O) groups excluding carboxylic acids is 2. The second kappa shape index (κ2) is 11.3. The fourth-order valence-electron chi connectivity index (χ4n) is 4.64. The van der Waals surface area contributed by atoms with Gasteiger partial charge in [0.25, 0.3) is 5.91 Å². The Morgan fingerprint density at radius 3 is 2.53 bits per heavy atom. The third-order valence-corrected chi connectivity index (χ3v) is 8.83. The average molecular weight is 567 g/mol. The molecule has 2 amide bonds. The van der Waals surface area contributed by atoms with Gasteiger partial charge in [0, 0.05) is 28.8 Å². The van der Waals surface area contributed by atoms with E-state index in [1.54, 1.807) is 27.8 Å². The lowest BCUT2D eigenvalue weighted by atomic mass is 9.73. The number of nitrogens with one attached hydrogen (secondary N) is 1. The van der Waals surface area contributed by atoms with Gasteiger partial charge in [-0.2, -0.15) is 0 Å². The molecule has 5 rings (SSSR count). The van der Waals surface area contributed by atoms with Crippen molar-refractivity contribution in [2.45, 2.75) is 19.8 Å². The third-order valence-electron chi connectivity index (χ3n) is 6.71. The van der Waals surface area contributed by atoms with Gasteiger partial charge in [0.05, 0.1) is 29.2 Å². The van der Waals surface area contributed by atoms with E-state index in [1.807, 2.05) is 62.4 Å². The summed E-state index contributed by atoms with van der Waals surface area (Å²) in [5, 5.41) is 11.6. The number of aromatic nitrogens is 2. The molecule has 10 heteroatoms. The molecule has 4 aromatic rings. The molecule has 0 bridgehead atoms. The van der Waals surface area contributed by atoms with Crippen LogP contribution in [0, 0.1) is 5.41 Å². The fraction of sp³-hybridized carbons (Fsp3) is 0.286. The lowest BCUT2D eigenvalue weighted by Gasteiger charge is -2.32. The van der Waals surface area contributed by atoms with Crippen LogP contribution >= 0.6 is 34.3 Å². The fourth-order valence-corrected chi connectivity index (χ4v) is 6.66. The Morgan fingerprint density at radius 2 is 1.84 bits per heavy atom. The van der Waals surface area contributed by atoms with Gasteiger partial charge >= 0.3 is 0 Å². The van der Waals surface area contributed by atoms with Crippen LogP contribution in [0.15, 0.2) is 66.2 Å². The molecule has 1 N–H and O–H groups in total. The first-order chi connectivity index (χ1) is 18.3. The Kier molecular flexibility index (Phi) is 7.90. The summed E-state index contributed by atoms with van der Waals surface area (Å²) in [4.78, 5) is 30.2. The zero-order valence-corrected chi connectivity index (χ0v) is 23.4. The van der Waals surface area contributed by atoms with Crippen LogP contribution in [-0.2, 0) is 9.53 Å². The van der Waals surface area contributed by atoms with Crippen molar-refractivity contribution in [2.24, 2.45) is 5.41 Å². The van der Waals surface area contributed by atoms with E-state index < -0.39 is 5.41 Å². The van der Waals surface area contributed by atoms with Crippen LogP contribution in [0.1, 0.15) is 40.6 Å². The van der Waals surface area contributed by atoms with E-state index in [4.69, 9.17) is 16.3 Å². The predicted octanol–water partition coefficient (Wildman–Crippen LogP) is 6.19. The summed E-state index contributed by atoms with van der Waals surface area (Å²) < 4.78 is 5.36. The molecule has 1 unspecified atom stereocenters. The molecule has 1 aliphatic heterocycles. The van der Waals surface area contributed by atoms with Crippen molar-refractivity contribution in [3.8, 4) is 10.4 Å². The van der Waals surface area contributed by atoms with Gasteiger partial charge in [0.15, 0.2) is 0 Å². The second-order valence-corrected chi connectivity index (χ2v) is 11.9. The number of anilines is 1. The molecule has 2 aromatic carbocycles. The summed E-state index contributed by atoms with van der Waals surface area (Å²) in [7, 11) is 0. The van der Waals surface area contributed by atoms with Crippen LogP contribution in [0.4, 0.5) is 5.13 Å². The highest BCUT2D eigenvalue weighted by Gasteiger charge is 2.40. The lowest BCUT2D eigenvalue weighted by molar-refractivity contribution is -0.124. The summed E-state index contributed by atoms with van der Waals surface area (Å²) in [6.45, 7) is 6.10. The maximum atomic E-state index is 13.4. The molecule has 1 aliphatic rings. The summed E-state index contributed by atoms with van der Waals surface area (Å²) in [6.07, 6.45) is 0. The highest BCUT2D eigenvalue weighted by atomic mass is 35.5. The minimum atomic E-state index is -0.790. The van der Waals surface area contributed by atoms with Gasteiger partial charge in [-0.3, -0.25) is 9.59 Å². The van der Waals surface area contributed by atoms with Gasteiger partial charge < -0.3 is 15.0 Å². The number of hydrogen-bond donors (Lipinski definition) is 1. The van der Waals surface area contributed by atoms with Crippen LogP contribution in [-0.4, -0.2) is 53.2 Å². The molecule has 0 aliphatic carbocycles. The normalized spacial score (nSPS) is 14.8. The first-order valence-electron chi connectivity index (χ1n) is 12.2. The molecular formula is C28H27ClN4O3S2. The van der Waals surface area contributed by atoms with Gasteiger partial charge in [-0.25, -0.2) is 0 Å². The third kappa shape index (κ3) is 5.51. The quantitative estimate of drug-likeness (QED) is 0.288. The molecule has 38 heavy (non-hydrogen) atoms. The monoisotopic (exact) mass is 566 g/mol. The van der Waals surface area contributed by atoms with Gasteiger partial charge in [-0.05, 0) is 35.4 Å². The molecule has 1 fully saturated rings. The van der Waals surface area contributed by atoms with Crippen molar-refractivity contribution in [3.63, 3.8) is 0 Å². The summed E-state index contributed by atoms with van der Waals surface area (Å²) in [5.41, 5.74) is 3.26. The number of carbonyl (C=O) groups is 2. The second-order valence-electron chi connectivity index (χ2n) is 9.56. The molecule has 1 atom stereocenters. The Labute approximate surface area is 234 Å². The van der Waals surface area contributed by atoms with Gasteiger partial charge in [-0.1, -0.05) is 73.2 Å². The molecule has 0 spiro atoms. The molecule has 0 radical (unpaired) electrons. The topological polar surface area (TPSA) is 84.4 Å². The van der Waals surface area contributed by atoms with Crippen molar-refractivity contribution in [2.75, 3.05) is 31.6 Å². The summed E-state index contributed by atoms with van der Waals surface area (Å²) >= 11 is 9.51. The Morgan fingerprint density at radius 1 is 1.08 bits per heavy atom. The number of rotatable bonds is 7. The highest BCUT2D eigenvalue weighted by molar-refractivity contribution is 7.15. The van der Waals surface area contributed by atoms with Crippen molar-refractivity contribution in [1.29, 1.82) is 0 Å². The largest absolute Gasteiger partial charge is 0.378 e. The van der Waals surface area contributed by atoms with Crippen LogP contribution in [0.3, 0.4) is 0 Å². The Balaban J connectivity index is 1.44. The maximum Gasteiger partial charge on any atom is 0.255 e. The summed E-state index contributed by atoms with van der Waals surface area (Å²) in [6, 6.07) is 19.7. The maximum absolute atomic E-state index is 13.4. The number of thiophene rings is 1. The van der Waals surface area contributed by atoms with Crippen LogP contribution in [0.25, 0.3) is 10.4 Å². The van der Waals surface area contributed by atoms with E-state index in [1.165, 1.54) is 11.3 Å². The van der Waals surface area contributed by atoms with E-state index in [2.05, 4.69) is 21.6 Å². The minimum absolute atomic E-state index is 0.0796. The molecule has 196 valence electrons. The average Bonchev–Trinajstić information content (AvgIpc) is 3.62. The number of hydrogen-bond acceptors (Lipinski definition) is 7. The van der Waals surface area contributed by atoms with Crippen LogP contribution in [0.5, 0.6) is 0 Å². The van der Waals surface area contributed by atoms with E-state index >= 15 is 0 Å².